The Bertz CT molecular complexity index is 403. The van der Waals surface area contributed by atoms with Crippen molar-refractivity contribution in [3.63, 3.8) is 0 Å². The summed E-state index contributed by atoms with van der Waals surface area (Å²) in [6.45, 7) is 5.94. The Morgan fingerprint density at radius 1 is 1.47 bits per heavy atom. The van der Waals surface area contributed by atoms with Gasteiger partial charge in [-0.3, -0.25) is 0 Å². The Hall–Kier alpha value is -1.53. The molecule has 0 aliphatic heterocycles. The Labute approximate surface area is 91.2 Å². The van der Waals surface area contributed by atoms with E-state index in [9.17, 15) is 4.79 Å². The Balaban J connectivity index is 3.17. The fraction of sp³-hybridized carbons (Fsp3) is 0.385. The normalized spacial score (nSPS) is 9.60. The summed E-state index contributed by atoms with van der Waals surface area (Å²) in [5, 5.41) is 0. The molecular formula is C13H17NO. The lowest BCUT2D eigenvalue weighted by Gasteiger charge is -2.20. The number of hydrogen-bond donors (Lipinski definition) is 0. The summed E-state index contributed by atoms with van der Waals surface area (Å²) in [6, 6.07) is 6.32. The quantitative estimate of drug-likeness (QED) is 0.704. The van der Waals surface area contributed by atoms with E-state index in [2.05, 4.69) is 25.1 Å². The lowest BCUT2D eigenvalue weighted by Crippen LogP contribution is -2.16. The van der Waals surface area contributed by atoms with Crippen molar-refractivity contribution in [2.75, 3.05) is 11.9 Å². The number of aryl methyl sites for hydroxylation is 2. The van der Waals surface area contributed by atoms with Gasteiger partial charge in [0.25, 0.3) is 0 Å². The maximum atomic E-state index is 10.6. The zero-order valence-electron chi connectivity index (χ0n) is 9.79. The molecule has 0 aliphatic rings. The second-order valence-corrected chi connectivity index (χ2v) is 3.72. The van der Waals surface area contributed by atoms with Gasteiger partial charge in [-0.05, 0) is 37.5 Å². The highest BCUT2D eigenvalue weighted by atomic mass is 16.1. The molecule has 1 aromatic carbocycles. The van der Waals surface area contributed by atoms with Crippen LogP contribution in [0.2, 0.25) is 0 Å². The van der Waals surface area contributed by atoms with E-state index in [4.69, 9.17) is 0 Å². The second-order valence-electron chi connectivity index (χ2n) is 3.72. The standard InChI is InChI=1S/C13H17NO/c1-5-12-7-6-10(2)13(8-12)14(4)11(3)9-15/h6-8H,5H2,1-4H3. The molecule has 80 valence electrons. The fourth-order valence-corrected chi connectivity index (χ4v) is 1.49. The third-order valence-corrected chi connectivity index (χ3v) is 2.69. The van der Waals surface area contributed by atoms with Gasteiger partial charge in [-0.1, -0.05) is 19.1 Å². The van der Waals surface area contributed by atoms with E-state index in [-0.39, 0.29) is 0 Å². The average molecular weight is 203 g/mol. The van der Waals surface area contributed by atoms with Gasteiger partial charge in [0.2, 0.25) is 0 Å². The van der Waals surface area contributed by atoms with Gasteiger partial charge in [-0.15, -0.1) is 0 Å². The van der Waals surface area contributed by atoms with Gasteiger partial charge in [0.15, 0.2) is 0 Å². The largest absolute Gasteiger partial charge is 0.339 e. The first-order valence-corrected chi connectivity index (χ1v) is 5.15. The van der Waals surface area contributed by atoms with E-state index in [0.29, 0.717) is 5.70 Å². The van der Waals surface area contributed by atoms with Crippen molar-refractivity contribution in [2.24, 2.45) is 0 Å². The number of nitrogens with zero attached hydrogens (tertiary/aromatic N) is 1. The van der Waals surface area contributed by atoms with Crippen LogP contribution in [0.3, 0.4) is 0 Å². The molecule has 0 atom stereocenters. The van der Waals surface area contributed by atoms with Crippen molar-refractivity contribution in [3.05, 3.63) is 35.0 Å². The monoisotopic (exact) mass is 203 g/mol. The van der Waals surface area contributed by atoms with Crippen LogP contribution in [0, 0.1) is 6.92 Å². The van der Waals surface area contributed by atoms with Gasteiger partial charge in [-0.2, -0.15) is 0 Å². The van der Waals surface area contributed by atoms with Gasteiger partial charge in [-0.25, -0.2) is 4.79 Å². The van der Waals surface area contributed by atoms with Crippen molar-refractivity contribution in [2.45, 2.75) is 27.2 Å². The highest BCUT2D eigenvalue weighted by molar-refractivity contribution is 5.65. The summed E-state index contributed by atoms with van der Waals surface area (Å²) < 4.78 is 0. The summed E-state index contributed by atoms with van der Waals surface area (Å²) in [7, 11) is 1.89. The minimum atomic E-state index is 0.603. The summed E-state index contributed by atoms with van der Waals surface area (Å²) in [5.74, 6) is 1.92. The number of rotatable bonds is 3. The van der Waals surface area contributed by atoms with Crippen LogP contribution < -0.4 is 4.90 Å². The van der Waals surface area contributed by atoms with Crippen LogP contribution in [0.1, 0.15) is 25.0 Å². The molecule has 0 unspecified atom stereocenters. The average Bonchev–Trinajstić information content (AvgIpc) is 2.27. The van der Waals surface area contributed by atoms with E-state index in [1.165, 1.54) is 11.1 Å². The van der Waals surface area contributed by atoms with Gasteiger partial charge in [0.05, 0.1) is 5.70 Å². The number of anilines is 1. The smallest absolute Gasteiger partial charge is 0.145 e. The van der Waals surface area contributed by atoms with Gasteiger partial charge in [0.1, 0.15) is 5.94 Å². The minimum absolute atomic E-state index is 0.603. The van der Waals surface area contributed by atoms with Crippen molar-refractivity contribution in [3.8, 4) is 0 Å². The van der Waals surface area contributed by atoms with E-state index < -0.39 is 0 Å². The van der Waals surface area contributed by atoms with E-state index in [1.54, 1.807) is 6.92 Å². The summed E-state index contributed by atoms with van der Waals surface area (Å²) in [4.78, 5) is 12.5. The van der Waals surface area contributed by atoms with Crippen LogP contribution in [0.15, 0.2) is 23.9 Å². The van der Waals surface area contributed by atoms with Crippen LogP contribution in [-0.2, 0) is 11.2 Å². The van der Waals surface area contributed by atoms with Crippen LogP contribution in [0.25, 0.3) is 0 Å². The van der Waals surface area contributed by atoms with Crippen molar-refractivity contribution in [1.29, 1.82) is 0 Å². The Morgan fingerprint density at radius 3 is 2.67 bits per heavy atom. The zero-order chi connectivity index (χ0) is 11.4. The lowest BCUT2D eigenvalue weighted by molar-refractivity contribution is 0.566. The molecule has 0 aromatic heterocycles. The van der Waals surface area contributed by atoms with Crippen LogP contribution in [0.4, 0.5) is 5.69 Å². The first-order chi connectivity index (χ1) is 7.10. The SMILES string of the molecule is CCc1ccc(C)c(N(C)C(C)=C=O)c1. The van der Waals surface area contributed by atoms with Crippen LogP contribution in [0.5, 0.6) is 0 Å². The Kier molecular flexibility index (Phi) is 3.70. The fourth-order valence-electron chi connectivity index (χ4n) is 1.49. The maximum absolute atomic E-state index is 10.6. The molecule has 1 rings (SSSR count). The van der Waals surface area contributed by atoms with Crippen LogP contribution in [-0.4, -0.2) is 13.0 Å². The molecule has 2 nitrogen and oxygen atoms in total. The van der Waals surface area contributed by atoms with E-state index in [0.717, 1.165) is 12.1 Å². The molecule has 0 heterocycles. The minimum Gasteiger partial charge on any atom is -0.339 e. The number of allylic oxidation sites excluding steroid dienone is 1. The highest BCUT2D eigenvalue weighted by Crippen LogP contribution is 2.22. The van der Waals surface area contributed by atoms with E-state index in [1.807, 2.05) is 24.8 Å². The van der Waals surface area contributed by atoms with Gasteiger partial charge in [0, 0.05) is 12.7 Å². The Morgan fingerprint density at radius 2 is 2.13 bits per heavy atom. The molecule has 15 heavy (non-hydrogen) atoms. The molecule has 0 saturated carbocycles. The number of benzene rings is 1. The molecule has 0 bridgehead atoms. The van der Waals surface area contributed by atoms with Gasteiger partial charge < -0.3 is 4.90 Å². The van der Waals surface area contributed by atoms with Crippen molar-refractivity contribution in [1.82, 2.24) is 0 Å². The molecule has 0 N–H and O–H groups in total. The molecule has 2 heteroatoms. The molecule has 0 aliphatic carbocycles. The molecule has 0 fully saturated rings. The number of hydrogen-bond acceptors (Lipinski definition) is 2. The first-order valence-electron chi connectivity index (χ1n) is 5.15. The summed E-state index contributed by atoms with van der Waals surface area (Å²) in [5.41, 5.74) is 4.13. The maximum Gasteiger partial charge on any atom is 0.145 e. The third kappa shape index (κ3) is 2.48. The van der Waals surface area contributed by atoms with Crippen LogP contribution >= 0.6 is 0 Å². The molecule has 0 amide bonds. The molecule has 0 spiro atoms. The molecule has 0 saturated heterocycles. The molecule has 0 radical (unpaired) electrons. The predicted octanol–water partition coefficient (Wildman–Crippen LogP) is 2.73. The molecule has 1 aromatic rings. The molecular weight excluding hydrogens is 186 g/mol. The van der Waals surface area contributed by atoms with Crippen molar-refractivity contribution < 1.29 is 4.79 Å². The summed E-state index contributed by atoms with van der Waals surface area (Å²) >= 11 is 0. The second kappa shape index (κ2) is 4.81. The topological polar surface area (TPSA) is 20.3 Å². The lowest BCUT2D eigenvalue weighted by atomic mass is 10.1. The third-order valence-electron chi connectivity index (χ3n) is 2.69. The van der Waals surface area contributed by atoms with E-state index >= 15 is 0 Å². The first kappa shape index (κ1) is 11.5. The van der Waals surface area contributed by atoms with Gasteiger partial charge >= 0.3 is 0 Å². The van der Waals surface area contributed by atoms with Crippen molar-refractivity contribution >= 4 is 11.6 Å². The summed E-state index contributed by atoms with van der Waals surface area (Å²) in [6.07, 6.45) is 1.00. The highest BCUT2D eigenvalue weighted by Gasteiger charge is 2.07. The zero-order valence-corrected chi connectivity index (χ0v) is 9.79. The number of carbonyl (C=O) groups excluding carboxylic acids is 1. The predicted molar refractivity (Wildman–Crippen MR) is 63.8 cm³/mol.